The van der Waals surface area contributed by atoms with Gasteiger partial charge in [-0.05, 0) is 18.0 Å². The third-order valence-corrected chi connectivity index (χ3v) is 3.40. The number of hydrogen-bond donors (Lipinski definition) is 0. The third kappa shape index (κ3) is 1.79. The third-order valence-electron chi connectivity index (χ3n) is 2.96. The van der Waals surface area contributed by atoms with Crippen LogP contribution < -0.4 is 0 Å². The molecule has 1 aliphatic rings. The largest absolute Gasteiger partial charge is 0.312 e. The summed E-state index contributed by atoms with van der Waals surface area (Å²) in [5.41, 5.74) is 1.12. The van der Waals surface area contributed by atoms with Crippen molar-refractivity contribution in [2.75, 3.05) is 0 Å². The average molecular weight is 271 g/mol. The monoisotopic (exact) mass is 270 g/mol. The van der Waals surface area contributed by atoms with E-state index in [2.05, 4.69) is 15.0 Å². The maximum Gasteiger partial charge on any atom is 0.225 e. The second kappa shape index (κ2) is 3.92. The SMILES string of the molecule is O=C1CCC(n2cnc3c(Cl)nc(Cl)nc32)C1. The standard InChI is InChI=1S/C10H8Cl2N4O/c11-8-7-9(15-10(12)14-8)16(4-13-7)5-1-2-6(17)3-5/h4-5H,1-3H2. The van der Waals surface area contributed by atoms with E-state index in [1.807, 2.05) is 4.57 Å². The molecular weight excluding hydrogens is 263 g/mol. The van der Waals surface area contributed by atoms with Gasteiger partial charge in [0.2, 0.25) is 5.28 Å². The highest BCUT2D eigenvalue weighted by Gasteiger charge is 2.25. The molecule has 1 aliphatic carbocycles. The van der Waals surface area contributed by atoms with Gasteiger partial charge in [-0.2, -0.15) is 4.98 Å². The number of Topliss-reactive ketones (excluding diaryl/α,β-unsaturated/α-hetero) is 1. The minimum Gasteiger partial charge on any atom is -0.312 e. The van der Waals surface area contributed by atoms with E-state index in [0.29, 0.717) is 24.0 Å². The van der Waals surface area contributed by atoms with Gasteiger partial charge in [0, 0.05) is 18.9 Å². The number of rotatable bonds is 1. The lowest BCUT2D eigenvalue weighted by Crippen LogP contribution is -2.05. The quantitative estimate of drug-likeness (QED) is 0.590. The first-order valence-corrected chi connectivity index (χ1v) is 5.98. The molecule has 0 N–H and O–H groups in total. The summed E-state index contributed by atoms with van der Waals surface area (Å²) in [4.78, 5) is 23.4. The fourth-order valence-electron chi connectivity index (χ4n) is 2.16. The number of aromatic nitrogens is 4. The number of halogens is 2. The highest BCUT2D eigenvalue weighted by molar-refractivity contribution is 6.35. The molecule has 88 valence electrons. The highest BCUT2D eigenvalue weighted by Crippen LogP contribution is 2.31. The predicted molar refractivity (Wildman–Crippen MR) is 63.2 cm³/mol. The van der Waals surface area contributed by atoms with Crippen LogP contribution in [0.4, 0.5) is 0 Å². The Morgan fingerprint density at radius 3 is 2.88 bits per heavy atom. The van der Waals surface area contributed by atoms with Crippen LogP contribution in [0, 0.1) is 0 Å². The first-order chi connectivity index (χ1) is 8.15. The van der Waals surface area contributed by atoms with Crippen LogP contribution in [-0.2, 0) is 4.79 Å². The summed E-state index contributed by atoms with van der Waals surface area (Å²) in [5.74, 6) is 0.267. The lowest BCUT2D eigenvalue weighted by Gasteiger charge is -2.10. The van der Waals surface area contributed by atoms with E-state index in [1.165, 1.54) is 0 Å². The van der Waals surface area contributed by atoms with Crippen molar-refractivity contribution in [2.24, 2.45) is 0 Å². The first kappa shape index (κ1) is 10.9. The molecule has 0 saturated heterocycles. The van der Waals surface area contributed by atoms with E-state index >= 15 is 0 Å². The Balaban J connectivity index is 2.14. The van der Waals surface area contributed by atoms with Gasteiger partial charge in [0.1, 0.15) is 11.3 Å². The van der Waals surface area contributed by atoms with Gasteiger partial charge in [-0.25, -0.2) is 9.97 Å². The molecule has 1 saturated carbocycles. The molecule has 17 heavy (non-hydrogen) atoms. The number of carbonyl (C=O) groups is 1. The molecule has 3 rings (SSSR count). The number of nitrogens with zero attached hydrogens (tertiary/aromatic N) is 4. The van der Waals surface area contributed by atoms with Gasteiger partial charge in [-0.1, -0.05) is 11.6 Å². The molecule has 5 nitrogen and oxygen atoms in total. The Bertz CT molecular complexity index is 610. The van der Waals surface area contributed by atoms with Crippen molar-refractivity contribution >= 4 is 40.1 Å². The van der Waals surface area contributed by atoms with Crippen molar-refractivity contribution in [3.8, 4) is 0 Å². The van der Waals surface area contributed by atoms with E-state index in [4.69, 9.17) is 23.2 Å². The van der Waals surface area contributed by atoms with Gasteiger partial charge in [0.05, 0.1) is 6.33 Å². The lowest BCUT2D eigenvalue weighted by atomic mass is 10.2. The molecule has 0 spiro atoms. The van der Waals surface area contributed by atoms with Crippen molar-refractivity contribution in [3.63, 3.8) is 0 Å². The number of carbonyl (C=O) groups excluding carboxylic acids is 1. The molecule has 1 atom stereocenters. The Kier molecular flexibility index (Phi) is 2.52. The summed E-state index contributed by atoms with van der Waals surface area (Å²) >= 11 is 11.7. The van der Waals surface area contributed by atoms with Gasteiger partial charge < -0.3 is 4.57 Å². The van der Waals surface area contributed by atoms with E-state index in [1.54, 1.807) is 6.33 Å². The van der Waals surface area contributed by atoms with Crippen molar-refractivity contribution < 1.29 is 4.79 Å². The average Bonchev–Trinajstić information content (AvgIpc) is 2.83. The summed E-state index contributed by atoms with van der Waals surface area (Å²) < 4.78 is 1.86. The van der Waals surface area contributed by atoms with Crippen LogP contribution in [0.3, 0.4) is 0 Å². The van der Waals surface area contributed by atoms with Gasteiger partial charge in [0.25, 0.3) is 0 Å². The number of fused-ring (bicyclic) bond motifs is 1. The van der Waals surface area contributed by atoms with Crippen LogP contribution >= 0.6 is 23.2 Å². The number of ketones is 1. The van der Waals surface area contributed by atoms with Crippen LogP contribution in [0.2, 0.25) is 10.4 Å². The summed E-state index contributed by atoms with van der Waals surface area (Å²) in [5, 5.41) is 0.330. The van der Waals surface area contributed by atoms with E-state index in [0.717, 1.165) is 6.42 Å². The van der Waals surface area contributed by atoms with Crippen LogP contribution in [-0.4, -0.2) is 25.3 Å². The Labute approximate surface area is 107 Å². The molecule has 0 bridgehead atoms. The molecule has 1 fully saturated rings. The fraction of sp³-hybridized carbons (Fsp3) is 0.400. The Hall–Kier alpha value is -1.20. The van der Waals surface area contributed by atoms with Crippen molar-refractivity contribution in [3.05, 3.63) is 16.8 Å². The molecule has 1 unspecified atom stereocenters. The first-order valence-electron chi connectivity index (χ1n) is 5.22. The second-order valence-electron chi connectivity index (χ2n) is 4.04. The summed E-state index contributed by atoms with van der Waals surface area (Å²) in [6.45, 7) is 0. The van der Waals surface area contributed by atoms with Crippen LogP contribution in [0.15, 0.2) is 6.33 Å². The molecule has 0 radical (unpaired) electrons. The summed E-state index contributed by atoms with van der Waals surface area (Å²) in [6.07, 6.45) is 3.58. The fourth-order valence-corrected chi connectivity index (χ4v) is 2.58. The van der Waals surface area contributed by atoms with Crippen molar-refractivity contribution in [1.29, 1.82) is 0 Å². The summed E-state index contributed by atoms with van der Waals surface area (Å²) in [7, 11) is 0. The maximum absolute atomic E-state index is 11.3. The zero-order chi connectivity index (χ0) is 12.0. The molecule has 7 heteroatoms. The molecular formula is C10H8Cl2N4O. The van der Waals surface area contributed by atoms with Gasteiger partial charge in [-0.15, -0.1) is 0 Å². The number of imidazole rings is 1. The smallest absolute Gasteiger partial charge is 0.225 e. The van der Waals surface area contributed by atoms with Crippen LogP contribution in [0.1, 0.15) is 25.3 Å². The lowest BCUT2D eigenvalue weighted by molar-refractivity contribution is -0.117. The van der Waals surface area contributed by atoms with Gasteiger partial charge >= 0.3 is 0 Å². The normalized spacial score (nSPS) is 20.4. The molecule has 2 heterocycles. The topological polar surface area (TPSA) is 60.7 Å². The minimum absolute atomic E-state index is 0.0913. The van der Waals surface area contributed by atoms with Crippen LogP contribution in [0.25, 0.3) is 11.2 Å². The van der Waals surface area contributed by atoms with Gasteiger partial charge in [-0.3, -0.25) is 4.79 Å². The van der Waals surface area contributed by atoms with E-state index in [-0.39, 0.29) is 22.3 Å². The van der Waals surface area contributed by atoms with E-state index in [9.17, 15) is 4.79 Å². The van der Waals surface area contributed by atoms with Crippen LogP contribution in [0.5, 0.6) is 0 Å². The van der Waals surface area contributed by atoms with Crippen molar-refractivity contribution in [2.45, 2.75) is 25.3 Å². The number of hydrogen-bond acceptors (Lipinski definition) is 4. The Morgan fingerprint density at radius 2 is 2.18 bits per heavy atom. The van der Waals surface area contributed by atoms with E-state index < -0.39 is 0 Å². The molecule has 2 aromatic rings. The highest BCUT2D eigenvalue weighted by atomic mass is 35.5. The molecule has 0 aliphatic heterocycles. The zero-order valence-electron chi connectivity index (χ0n) is 8.73. The minimum atomic E-state index is 0.0913. The summed E-state index contributed by atoms with van der Waals surface area (Å²) in [6, 6.07) is 0.106. The zero-order valence-corrected chi connectivity index (χ0v) is 10.2. The van der Waals surface area contributed by atoms with Crippen molar-refractivity contribution in [1.82, 2.24) is 19.5 Å². The van der Waals surface area contributed by atoms with Gasteiger partial charge in [0.15, 0.2) is 10.8 Å². The predicted octanol–water partition coefficient (Wildman–Crippen LogP) is 2.43. The molecule has 2 aromatic heterocycles. The molecule has 0 amide bonds. The second-order valence-corrected chi connectivity index (χ2v) is 4.74. The molecule has 0 aromatic carbocycles. The Morgan fingerprint density at radius 1 is 1.35 bits per heavy atom. The maximum atomic E-state index is 11.3.